The molecule has 1 aromatic rings. The molecule has 0 spiro atoms. The normalized spacial score (nSPS) is 19.1. The topological polar surface area (TPSA) is 44.9 Å². The highest BCUT2D eigenvalue weighted by atomic mass is 79.9. The van der Waals surface area contributed by atoms with E-state index in [0.717, 1.165) is 22.6 Å². The van der Waals surface area contributed by atoms with Crippen LogP contribution in [0.25, 0.3) is 0 Å². The highest BCUT2D eigenvalue weighted by Crippen LogP contribution is 2.32. The van der Waals surface area contributed by atoms with Gasteiger partial charge in [-0.3, -0.25) is 4.99 Å². The van der Waals surface area contributed by atoms with Crippen LogP contribution < -0.4 is 5.73 Å². The molecule has 0 amide bonds. The number of nitrogens with zero attached hydrogens (tertiary/aromatic N) is 3. The van der Waals surface area contributed by atoms with Crippen molar-refractivity contribution < 1.29 is 0 Å². The molecule has 1 aromatic carbocycles. The largest absolute Gasteiger partial charge is 0.370 e. The zero-order chi connectivity index (χ0) is 14.0. The lowest BCUT2D eigenvalue weighted by Crippen LogP contribution is -2.40. The summed E-state index contributed by atoms with van der Waals surface area (Å²) in [7, 11) is 4.10. The zero-order valence-electron chi connectivity index (χ0n) is 11.1. The third-order valence-corrected chi connectivity index (χ3v) is 4.13. The minimum absolute atomic E-state index is 0.187. The molecule has 0 aliphatic carbocycles. The van der Waals surface area contributed by atoms with Crippen molar-refractivity contribution in [2.45, 2.75) is 6.04 Å². The van der Waals surface area contributed by atoms with Crippen LogP contribution in [0.5, 0.6) is 0 Å². The van der Waals surface area contributed by atoms with E-state index in [2.05, 4.69) is 44.8 Å². The zero-order valence-corrected chi connectivity index (χ0v) is 13.4. The van der Waals surface area contributed by atoms with E-state index in [1.807, 2.05) is 18.2 Å². The average Bonchev–Trinajstić information content (AvgIpc) is 2.68. The van der Waals surface area contributed by atoms with Crippen LogP contribution in [0, 0.1) is 0 Å². The molecule has 1 unspecified atom stereocenters. The molecule has 0 saturated heterocycles. The molecule has 1 heterocycles. The highest BCUT2D eigenvalue weighted by Gasteiger charge is 2.28. The van der Waals surface area contributed by atoms with Gasteiger partial charge in [0.25, 0.3) is 0 Å². The van der Waals surface area contributed by atoms with Crippen LogP contribution in [0.3, 0.4) is 0 Å². The number of guanidine groups is 1. The van der Waals surface area contributed by atoms with Crippen molar-refractivity contribution >= 4 is 33.5 Å². The predicted molar refractivity (Wildman–Crippen MR) is 83.6 cm³/mol. The Kier molecular flexibility index (Phi) is 4.71. The monoisotopic (exact) mass is 344 g/mol. The molecule has 0 bridgehead atoms. The summed E-state index contributed by atoms with van der Waals surface area (Å²) in [5.74, 6) is 0.619. The van der Waals surface area contributed by atoms with Gasteiger partial charge in [0, 0.05) is 22.6 Å². The molecule has 2 rings (SSSR count). The van der Waals surface area contributed by atoms with Gasteiger partial charge in [-0.1, -0.05) is 33.6 Å². The Bertz CT molecular complexity index is 490. The molecule has 19 heavy (non-hydrogen) atoms. The predicted octanol–water partition coefficient (Wildman–Crippen LogP) is 2.34. The van der Waals surface area contributed by atoms with E-state index in [9.17, 15) is 0 Å². The van der Waals surface area contributed by atoms with E-state index in [0.29, 0.717) is 12.5 Å². The van der Waals surface area contributed by atoms with Crippen LogP contribution in [0.15, 0.2) is 27.7 Å². The maximum atomic E-state index is 5.99. The second-order valence-electron chi connectivity index (χ2n) is 4.88. The summed E-state index contributed by atoms with van der Waals surface area (Å²) in [6.07, 6.45) is 0. The van der Waals surface area contributed by atoms with E-state index in [4.69, 9.17) is 17.3 Å². The summed E-state index contributed by atoms with van der Waals surface area (Å²) < 4.78 is 1.00. The summed E-state index contributed by atoms with van der Waals surface area (Å²) in [6, 6.07) is 6.04. The lowest BCUT2D eigenvalue weighted by molar-refractivity contribution is 0.292. The SMILES string of the molecule is CN(C)CCN1C(N)=NCC1c1ccc(Cl)cc1Br. The van der Waals surface area contributed by atoms with Crippen molar-refractivity contribution in [1.29, 1.82) is 0 Å². The Morgan fingerprint density at radius 1 is 1.53 bits per heavy atom. The van der Waals surface area contributed by atoms with Crippen LogP contribution in [0.1, 0.15) is 11.6 Å². The number of hydrogen-bond donors (Lipinski definition) is 1. The highest BCUT2D eigenvalue weighted by molar-refractivity contribution is 9.10. The van der Waals surface area contributed by atoms with Gasteiger partial charge in [0.05, 0.1) is 12.6 Å². The number of nitrogens with two attached hydrogens (primary N) is 1. The fraction of sp³-hybridized carbons (Fsp3) is 0.462. The summed E-state index contributed by atoms with van der Waals surface area (Å²) >= 11 is 9.56. The minimum atomic E-state index is 0.187. The molecular formula is C13H18BrClN4. The molecule has 6 heteroatoms. The first-order valence-corrected chi connectivity index (χ1v) is 7.32. The van der Waals surface area contributed by atoms with Gasteiger partial charge in [-0.25, -0.2) is 0 Å². The molecule has 104 valence electrons. The maximum Gasteiger partial charge on any atom is 0.191 e. The summed E-state index contributed by atoms with van der Waals surface area (Å²) in [5, 5.41) is 0.724. The van der Waals surface area contributed by atoms with Gasteiger partial charge >= 0.3 is 0 Å². The van der Waals surface area contributed by atoms with Crippen molar-refractivity contribution in [1.82, 2.24) is 9.80 Å². The van der Waals surface area contributed by atoms with Crippen molar-refractivity contribution in [3.63, 3.8) is 0 Å². The lowest BCUT2D eigenvalue weighted by Gasteiger charge is -2.28. The van der Waals surface area contributed by atoms with E-state index < -0.39 is 0 Å². The van der Waals surface area contributed by atoms with Crippen LogP contribution in [-0.2, 0) is 0 Å². The molecule has 1 aliphatic rings. The Balaban J connectivity index is 2.19. The first-order chi connectivity index (χ1) is 8.99. The number of benzene rings is 1. The van der Waals surface area contributed by atoms with Crippen molar-refractivity contribution in [3.05, 3.63) is 33.3 Å². The smallest absolute Gasteiger partial charge is 0.191 e. The Morgan fingerprint density at radius 3 is 2.89 bits per heavy atom. The molecule has 1 aliphatic heterocycles. The minimum Gasteiger partial charge on any atom is -0.370 e. The molecule has 0 saturated carbocycles. The van der Waals surface area contributed by atoms with Crippen molar-refractivity contribution in [3.8, 4) is 0 Å². The summed E-state index contributed by atoms with van der Waals surface area (Å²) in [6.45, 7) is 2.50. The molecule has 0 fully saturated rings. The fourth-order valence-electron chi connectivity index (χ4n) is 2.15. The molecule has 1 atom stereocenters. The van der Waals surface area contributed by atoms with Gasteiger partial charge in [-0.15, -0.1) is 0 Å². The first kappa shape index (κ1) is 14.6. The maximum absolute atomic E-state index is 5.99. The quantitative estimate of drug-likeness (QED) is 0.911. The van der Waals surface area contributed by atoms with Crippen molar-refractivity contribution in [2.75, 3.05) is 33.7 Å². The summed E-state index contributed by atoms with van der Waals surface area (Å²) in [5.41, 5.74) is 7.16. The van der Waals surface area contributed by atoms with Gasteiger partial charge in [0.1, 0.15) is 0 Å². The van der Waals surface area contributed by atoms with Gasteiger partial charge in [0.2, 0.25) is 0 Å². The molecule has 4 nitrogen and oxygen atoms in total. The van der Waals surface area contributed by atoms with Gasteiger partial charge in [-0.2, -0.15) is 0 Å². The van der Waals surface area contributed by atoms with E-state index >= 15 is 0 Å². The fourth-order valence-corrected chi connectivity index (χ4v) is 3.09. The van der Waals surface area contributed by atoms with E-state index in [1.54, 1.807) is 0 Å². The second kappa shape index (κ2) is 6.11. The standard InChI is InChI=1S/C13H18BrClN4/c1-18(2)5-6-19-12(8-17-13(19)16)10-4-3-9(15)7-11(10)14/h3-4,7,12H,5-6,8H2,1-2H3,(H2,16,17). The van der Waals surface area contributed by atoms with Crippen LogP contribution in [0.4, 0.5) is 0 Å². The number of halogens is 2. The first-order valence-electron chi connectivity index (χ1n) is 6.15. The summed E-state index contributed by atoms with van der Waals surface area (Å²) in [4.78, 5) is 8.65. The average molecular weight is 346 g/mol. The van der Waals surface area contributed by atoms with Crippen LogP contribution >= 0.6 is 27.5 Å². The lowest BCUT2D eigenvalue weighted by atomic mass is 10.1. The third kappa shape index (κ3) is 3.41. The Morgan fingerprint density at radius 2 is 2.26 bits per heavy atom. The van der Waals surface area contributed by atoms with Crippen LogP contribution in [0.2, 0.25) is 5.02 Å². The third-order valence-electron chi connectivity index (χ3n) is 3.21. The second-order valence-corrected chi connectivity index (χ2v) is 6.17. The molecule has 2 N–H and O–H groups in total. The molecular weight excluding hydrogens is 328 g/mol. The van der Waals surface area contributed by atoms with Crippen LogP contribution in [-0.4, -0.2) is 49.5 Å². The van der Waals surface area contributed by atoms with Gasteiger partial charge in [-0.05, 0) is 31.8 Å². The van der Waals surface area contributed by atoms with Gasteiger partial charge in [0.15, 0.2) is 5.96 Å². The number of aliphatic imine (C=N–C) groups is 1. The number of hydrogen-bond acceptors (Lipinski definition) is 4. The van der Waals surface area contributed by atoms with E-state index in [1.165, 1.54) is 5.56 Å². The van der Waals surface area contributed by atoms with Gasteiger partial charge < -0.3 is 15.5 Å². The Labute approximate surface area is 127 Å². The number of rotatable bonds is 4. The molecule has 0 radical (unpaired) electrons. The Hall–Kier alpha value is -0.780. The van der Waals surface area contributed by atoms with Crippen molar-refractivity contribution in [2.24, 2.45) is 10.7 Å². The number of likely N-dealkylation sites (N-methyl/N-ethyl adjacent to an activating group) is 1. The van der Waals surface area contributed by atoms with E-state index in [-0.39, 0.29) is 6.04 Å². The molecule has 0 aromatic heterocycles.